The summed E-state index contributed by atoms with van der Waals surface area (Å²) < 4.78 is 1.20. The lowest BCUT2D eigenvalue weighted by Crippen LogP contribution is -2.48. The van der Waals surface area contributed by atoms with Crippen LogP contribution in [0.2, 0.25) is 0 Å². The second-order valence-corrected chi connectivity index (χ2v) is 8.14. The van der Waals surface area contributed by atoms with Gasteiger partial charge in [-0.25, -0.2) is 0 Å². The van der Waals surface area contributed by atoms with E-state index in [1.807, 2.05) is 0 Å². The predicted octanol–water partition coefficient (Wildman–Crippen LogP) is 4.37. The number of halogens is 1. The van der Waals surface area contributed by atoms with Gasteiger partial charge in [-0.1, -0.05) is 35.9 Å². The summed E-state index contributed by atoms with van der Waals surface area (Å²) in [6.45, 7) is 2.58. The third-order valence-electron chi connectivity index (χ3n) is 6.42. The van der Waals surface area contributed by atoms with Gasteiger partial charge in [0, 0.05) is 34.2 Å². The largest absolute Gasteiger partial charge is 0.353 e. The van der Waals surface area contributed by atoms with Crippen LogP contribution in [-0.2, 0) is 6.42 Å². The first-order valence-corrected chi connectivity index (χ1v) is 8.82. The molecule has 0 unspecified atom stereocenters. The third-order valence-corrected chi connectivity index (χ3v) is 6.73. The molecule has 1 N–H and O–H groups in total. The van der Waals surface area contributed by atoms with Crippen LogP contribution in [0, 0.1) is 11.8 Å². The van der Waals surface area contributed by atoms with Gasteiger partial charge in [-0.2, -0.15) is 0 Å². The van der Waals surface area contributed by atoms with Crippen molar-refractivity contribution in [2.75, 3.05) is 20.1 Å². The van der Waals surface area contributed by atoms with Crippen LogP contribution in [0.25, 0.3) is 10.9 Å². The second-order valence-electron chi connectivity index (χ2n) is 7.66. The molecule has 1 aromatic carbocycles. The van der Waals surface area contributed by atoms with Crippen LogP contribution >= 0.6 is 11.6 Å². The lowest BCUT2D eigenvalue weighted by Gasteiger charge is -2.41. The number of para-hydroxylation sites is 1. The lowest BCUT2D eigenvalue weighted by molar-refractivity contribution is -0.932. The molecule has 1 aliphatic carbocycles. The van der Waals surface area contributed by atoms with Gasteiger partial charge in [0.05, 0.1) is 25.8 Å². The van der Waals surface area contributed by atoms with E-state index in [-0.39, 0.29) is 0 Å². The molecular weight excluding hydrogens is 292 g/mol. The Kier molecular flexibility index (Phi) is 2.64. The van der Waals surface area contributed by atoms with Gasteiger partial charge in [0.1, 0.15) is 6.04 Å². The van der Waals surface area contributed by atoms with Crippen molar-refractivity contribution < 1.29 is 4.48 Å². The standard InChI is InChI=1S/C19H22ClN2/c1-22-9-8-15-14-4-2-3-5-17(14)21-18(15)19(22)16-10-13(20)7-6-12(16)11-22/h2-5,7,12,16,19,21H,6,8-11H2,1H3/q+1/t12-,16-,19-,22+/m0/s1. The monoisotopic (exact) mass is 313 g/mol. The van der Waals surface area contributed by atoms with Gasteiger partial charge in [0.2, 0.25) is 0 Å². The highest BCUT2D eigenvalue weighted by molar-refractivity contribution is 6.29. The molecule has 2 aliphatic heterocycles. The van der Waals surface area contributed by atoms with E-state index in [9.17, 15) is 0 Å². The van der Waals surface area contributed by atoms with Gasteiger partial charge in [-0.05, 0) is 24.5 Å². The van der Waals surface area contributed by atoms with Crippen molar-refractivity contribution in [1.82, 2.24) is 4.98 Å². The number of aromatic nitrogens is 1. The third kappa shape index (κ3) is 1.65. The molecule has 0 saturated carbocycles. The van der Waals surface area contributed by atoms with Crippen LogP contribution in [0.4, 0.5) is 0 Å². The van der Waals surface area contributed by atoms with Crippen LogP contribution in [0.3, 0.4) is 0 Å². The Bertz CT molecular complexity index is 790. The molecule has 22 heavy (non-hydrogen) atoms. The highest BCUT2D eigenvalue weighted by Gasteiger charge is 2.55. The van der Waals surface area contributed by atoms with Crippen molar-refractivity contribution >= 4 is 22.5 Å². The Morgan fingerprint density at radius 2 is 2.14 bits per heavy atom. The molecule has 2 aromatic rings. The van der Waals surface area contributed by atoms with Gasteiger partial charge in [-0.15, -0.1) is 0 Å². The number of nitrogens with one attached hydrogen (secondary N) is 1. The van der Waals surface area contributed by atoms with Crippen LogP contribution < -0.4 is 0 Å². The van der Waals surface area contributed by atoms with Crippen molar-refractivity contribution in [1.29, 1.82) is 0 Å². The number of aromatic amines is 1. The maximum Gasteiger partial charge on any atom is 0.133 e. The summed E-state index contributed by atoms with van der Waals surface area (Å²) in [6, 6.07) is 9.40. The van der Waals surface area contributed by atoms with Crippen LogP contribution in [0.5, 0.6) is 0 Å². The normalized spacial score (nSPS) is 36.6. The molecule has 1 aromatic heterocycles. The van der Waals surface area contributed by atoms with Crippen LogP contribution in [0.15, 0.2) is 35.4 Å². The molecule has 0 radical (unpaired) electrons. The van der Waals surface area contributed by atoms with Crippen LogP contribution in [-0.4, -0.2) is 29.6 Å². The van der Waals surface area contributed by atoms with E-state index >= 15 is 0 Å². The van der Waals surface area contributed by atoms with E-state index in [1.54, 1.807) is 5.56 Å². The average molecular weight is 314 g/mol. The molecule has 1 fully saturated rings. The minimum Gasteiger partial charge on any atom is -0.353 e. The highest BCUT2D eigenvalue weighted by Crippen LogP contribution is 2.54. The first-order chi connectivity index (χ1) is 10.7. The number of allylic oxidation sites excluding steroid dienone is 2. The SMILES string of the molecule is C[N@+]12CCc3c([nH]c4ccccc34)[C@@H]1[C@H]1CC(Cl)=CC[C@H]1C2. The van der Waals surface area contributed by atoms with Crippen LogP contribution in [0.1, 0.15) is 30.1 Å². The first-order valence-electron chi connectivity index (χ1n) is 8.44. The molecule has 1 saturated heterocycles. The minimum atomic E-state index is 0.601. The van der Waals surface area contributed by atoms with E-state index in [0.29, 0.717) is 12.0 Å². The number of quaternary nitrogens is 1. The van der Waals surface area contributed by atoms with Gasteiger partial charge in [0.15, 0.2) is 0 Å². The number of likely N-dealkylation sites (N-methyl/N-ethyl adjacent to an activating group) is 1. The molecule has 4 atom stereocenters. The minimum absolute atomic E-state index is 0.601. The van der Waals surface area contributed by atoms with E-state index in [4.69, 9.17) is 11.6 Å². The number of hydrogen-bond acceptors (Lipinski definition) is 0. The molecule has 3 aliphatic rings. The van der Waals surface area contributed by atoms with Gasteiger partial charge < -0.3 is 9.47 Å². The molecular formula is C19H22ClN2+. The molecule has 3 heterocycles. The van der Waals surface area contributed by atoms with Gasteiger partial charge >= 0.3 is 0 Å². The van der Waals surface area contributed by atoms with Gasteiger partial charge in [-0.3, -0.25) is 0 Å². The number of benzene rings is 1. The first kappa shape index (κ1) is 13.2. The maximum atomic E-state index is 6.41. The number of nitrogens with zero attached hydrogens (tertiary/aromatic N) is 1. The zero-order valence-electron chi connectivity index (χ0n) is 13.0. The Labute approximate surface area is 136 Å². The smallest absolute Gasteiger partial charge is 0.133 e. The Balaban J connectivity index is 1.69. The van der Waals surface area contributed by atoms with E-state index in [2.05, 4.69) is 42.4 Å². The molecule has 114 valence electrons. The summed E-state index contributed by atoms with van der Waals surface area (Å²) in [6.07, 6.45) is 5.70. The molecule has 3 heteroatoms. The summed E-state index contributed by atoms with van der Waals surface area (Å²) in [5, 5.41) is 2.52. The maximum absolute atomic E-state index is 6.41. The van der Waals surface area contributed by atoms with E-state index < -0.39 is 0 Å². The number of fused-ring (bicyclic) bond motifs is 7. The summed E-state index contributed by atoms with van der Waals surface area (Å²) in [7, 11) is 2.46. The Hall–Kier alpha value is -1.25. The van der Waals surface area contributed by atoms with Crippen molar-refractivity contribution in [3.8, 4) is 0 Å². The summed E-state index contributed by atoms with van der Waals surface area (Å²) in [5.74, 6) is 1.50. The fourth-order valence-electron chi connectivity index (χ4n) is 5.49. The second kappa shape index (κ2) is 4.39. The topological polar surface area (TPSA) is 15.8 Å². The Morgan fingerprint density at radius 1 is 1.27 bits per heavy atom. The Morgan fingerprint density at radius 3 is 3.05 bits per heavy atom. The average Bonchev–Trinajstić information content (AvgIpc) is 3.01. The molecule has 5 rings (SSSR count). The summed E-state index contributed by atoms with van der Waals surface area (Å²) in [4.78, 5) is 3.78. The van der Waals surface area contributed by atoms with Crippen molar-refractivity contribution in [3.05, 3.63) is 46.6 Å². The molecule has 0 bridgehead atoms. The van der Waals surface area contributed by atoms with Gasteiger partial charge in [0.25, 0.3) is 0 Å². The lowest BCUT2D eigenvalue weighted by atomic mass is 9.79. The predicted molar refractivity (Wildman–Crippen MR) is 90.8 cm³/mol. The molecule has 0 spiro atoms. The number of hydrogen-bond donors (Lipinski definition) is 1. The van der Waals surface area contributed by atoms with E-state index in [0.717, 1.165) is 17.4 Å². The fourth-order valence-corrected chi connectivity index (χ4v) is 5.75. The number of H-pyrrole nitrogens is 1. The quantitative estimate of drug-likeness (QED) is 0.695. The molecule has 0 amide bonds. The highest BCUT2D eigenvalue weighted by atomic mass is 35.5. The molecule has 2 nitrogen and oxygen atoms in total. The number of rotatable bonds is 0. The zero-order chi connectivity index (χ0) is 14.9. The fraction of sp³-hybridized carbons (Fsp3) is 0.474. The summed E-state index contributed by atoms with van der Waals surface area (Å²) in [5.41, 5.74) is 4.39. The van der Waals surface area contributed by atoms with Crippen molar-refractivity contribution in [3.63, 3.8) is 0 Å². The van der Waals surface area contributed by atoms with Crippen molar-refractivity contribution in [2.45, 2.75) is 25.3 Å². The van der Waals surface area contributed by atoms with Crippen molar-refractivity contribution in [2.24, 2.45) is 11.8 Å². The zero-order valence-corrected chi connectivity index (χ0v) is 13.7. The van der Waals surface area contributed by atoms with E-state index in [1.165, 1.54) is 47.0 Å². The summed E-state index contributed by atoms with van der Waals surface area (Å²) >= 11 is 6.41.